The molecule has 0 aliphatic heterocycles. The third-order valence-electron chi connectivity index (χ3n) is 0.292. The van der Waals surface area contributed by atoms with E-state index in [0.717, 1.165) is 0 Å². The third-order valence-corrected chi connectivity index (χ3v) is 0.877. The summed E-state index contributed by atoms with van der Waals surface area (Å²) in [6.45, 7) is 0. The Kier molecular flexibility index (Phi) is 3.93. The number of hydrogen-bond acceptors (Lipinski definition) is 2. The maximum Gasteiger partial charge on any atom is 3.00 e. The molecule has 8 heteroatoms. The van der Waals surface area contributed by atoms with E-state index >= 15 is 0 Å². The Morgan fingerprint density at radius 1 is 1.22 bits per heavy atom. The molecule has 0 aromatic rings. The largest absolute Gasteiger partial charge is 3.00 e. The van der Waals surface area contributed by atoms with Gasteiger partial charge in [0.1, 0.15) is 0 Å². The number of alkyl halides is 3. The fraction of sp³-hybridized carbons (Fsp3) is 1.00. The molecule has 0 aliphatic carbocycles. The first-order valence-corrected chi connectivity index (χ1v) is 2.73. The molecule has 0 saturated carbocycles. The number of hydrogen-bond donors (Lipinski definition) is 1. The van der Waals surface area contributed by atoms with Gasteiger partial charge in [-0.05, 0) is 0 Å². The van der Waals surface area contributed by atoms with Crippen LogP contribution in [0.25, 0.3) is 0 Å². The van der Waals surface area contributed by atoms with Gasteiger partial charge in [-0.1, -0.05) is 0 Å². The van der Waals surface area contributed by atoms with Crippen LogP contribution in [0.3, 0.4) is 0 Å². The van der Waals surface area contributed by atoms with E-state index in [9.17, 15) is 13.2 Å². The van der Waals surface area contributed by atoms with Gasteiger partial charge in [0.15, 0.2) is 0 Å². The normalized spacial score (nSPS) is 12.4. The van der Waals surface area contributed by atoms with Crippen LogP contribution in [0.1, 0.15) is 0 Å². The van der Waals surface area contributed by atoms with Gasteiger partial charge in [0, 0.05) is 0 Å². The second kappa shape index (κ2) is 2.94. The van der Waals surface area contributed by atoms with E-state index in [1.807, 2.05) is 0 Å². The molecule has 0 spiro atoms. The van der Waals surface area contributed by atoms with E-state index in [2.05, 4.69) is 0 Å². The SMILES string of the molecule is O=S(=O)(O)C(F)(F)F.[Ru+3]. The molecule has 0 amide bonds. The fourth-order valence-electron chi connectivity index (χ4n) is 0. The predicted octanol–water partition coefficient (Wildman–Crippen LogP) is 0.392. The first-order valence-electron chi connectivity index (χ1n) is 1.29. The summed E-state index contributed by atoms with van der Waals surface area (Å²) in [5, 5.41) is 0. The summed E-state index contributed by atoms with van der Waals surface area (Å²) in [5.74, 6) is 0. The summed E-state index contributed by atoms with van der Waals surface area (Å²) in [5.41, 5.74) is -5.53. The molecule has 9 heavy (non-hydrogen) atoms. The van der Waals surface area contributed by atoms with Gasteiger partial charge in [0.25, 0.3) is 0 Å². The minimum atomic E-state index is -5.84. The average Bonchev–Trinajstić information content (AvgIpc) is 1.25. The Bertz CT molecular complexity index is 168. The zero-order valence-electron chi connectivity index (χ0n) is 3.66. The Labute approximate surface area is 61.7 Å². The van der Waals surface area contributed by atoms with Crippen LogP contribution in [0, 0.1) is 0 Å². The topological polar surface area (TPSA) is 54.4 Å². The standard InChI is InChI=1S/CHF3O3S.Ru/c2-1(3,4)8(5,6)7;/h(H,5,6,7);/q;+3. The first kappa shape index (κ1) is 12.0. The van der Waals surface area contributed by atoms with Crippen molar-refractivity contribution in [1.29, 1.82) is 0 Å². The van der Waals surface area contributed by atoms with Crippen LogP contribution in [0.2, 0.25) is 0 Å². The Morgan fingerprint density at radius 3 is 1.33 bits per heavy atom. The summed E-state index contributed by atoms with van der Waals surface area (Å²) in [7, 11) is -5.84. The van der Waals surface area contributed by atoms with Gasteiger partial charge in [-0.3, -0.25) is 4.55 Å². The average molecular weight is 251 g/mol. The minimum Gasteiger partial charge on any atom is -0.279 e. The molecule has 0 unspecified atom stereocenters. The zero-order valence-corrected chi connectivity index (χ0v) is 6.21. The van der Waals surface area contributed by atoms with Gasteiger partial charge >= 0.3 is 35.1 Å². The van der Waals surface area contributed by atoms with E-state index in [1.54, 1.807) is 0 Å². The number of rotatable bonds is 0. The smallest absolute Gasteiger partial charge is 0.279 e. The molecule has 1 radical (unpaired) electrons. The van der Waals surface area contributed by atoms with Crippen molar-refractivity contribution in [1.82, 2.24) is 0 Å². The van der Waals surface area contributed by atoms with Crippen molar-refractivity contribution in [2.45, 2.75) is 5.51 Å². The maximum absolute atomic E-state index is 10.7. The summed E-state index contributed by atoms with van der Waals surface area (Å²) < 4.78 is 57.5. The summed E-state index contributed by atoms with van der Waals surface area (Å²) >= 11 is 0. The van der Waals surface area contributed by atoms with Crippen LogP contribution >= 0.6 is 0 Å². The van der Waals surface area contributed by atoms with Gasteiger partial charge in [-0.2, -0.15) is 21.6 Å². The van der Waals surface area contributed by atoms with Crippen LogP contribution in [-0.4, -0.2) is 18.5 Å². The van der Waals surface area contributed by atoms with Gasteiger partial charge in [0.05, 0.1) is 0 Å². The van der Waals surface area contributed by atoms with Crippen LogP contribution in [-0.2, 0) is 29.6 Å². The molecule has 0 heterocycles. The third kappa shape index (κ3) is 3.83. The molecule has 0 aromatic heterocycles. The summed E-state index contributed by atoms with van der Waals surface area (Å²) in [6, 6.07) is 0. The molecule has 0 atom stereocenters. The van der Waals surface area contributed by atoms with Crippen molar-refractivity contribution in [2.75, 3.05) is 0 Å². The van der Waals surface area contributed by atoms with E-state index in [4.69, 9.17) is 13.0 Å². The van der Waals surface area contributed by atoms with E-state index in [0.29, 0.717) is 0 Å². The molecule has 0 aliphatic rings. The molecule has 0 fully saturated rings. The monoisotopic (exact) mass is 252 g/mol. The van der Waals surface area contributed by atoms with Crippen LogP contribution in [0.15, 0.2) is 0 Å². The summed E-state index contributed by atoms with van der Waals surface area (Å²) in [4.78, 5) is 0. The molecular formula is CHF3O3RuS+3. The quantitative estimate of drug-likeness (QED) is 0.385. The Balaban J connectivity index is 0. The molecule has 0 rings (SSSR count). The second-order valence-electron chi connectivity index (χ2n) is 0.921. The van der Waals surface area contributed by atoms with Gasteiger partial charge < -0.3 is 0 Å². The molecule has 0 aromatic carbocycles. The van der Waals surface area contributed by atoms with Crippen LogP contribution in [0.5, 0.6) is 0 Å². The molecule has 3 nitrogen and oxygen atoms in total. The number of halogens is 3. The van der Waals surface area contributed by atoms with Crippen molar-refractivity contribution in [2.24, 2.45) is 0 Å². The predicted molar refractivity (Wildman–Crippen MR) is 17.6 cm³/mol. The molecular weight excluding hydrogens is 250 g/mol. The zero-order chi connectivity index (χ0) is 7.00. The van der Waals surface area contributed by atoms with E-state index < -0.39 is 15.6 Å². The van der Waals surface area contributed by atoms with Crippen molar-refractivity contribution in [3.8, 4) is 0 Å². The van der Waals surface area contributed by atoms with Gasteiger partial charge in [-0.25, -0.2) is 0 Å². The molecule has 55 valence electrons. The first-order chi connectivity index (χ1) is 3.25. The van der Waals surface area contributed by atoms with Crippen molar-refractivity contribution < 1.29 is 45.6 Å². The van der Waals surface area contributed by atoms with E-state index in [1.165, 1.54) is 0 Å². The minimum absolute atomic E-state index is 0. The van der Waals surface area contributed by atoms with Gasteiger partial charge in [0.2, 0.25) is 0 Å². The molecule has 0 saturated heterocycles. The Hall–Kier alpha value is 0.323. The maximum atomic E-state index is 10.7. The molecule has 1 N–H and O–H groups in total. The van der Waals surface area contributed by atoms with Crippen LogP contribution in [0.4, 0.5) is 13.2 Å². The second-order valence-corrected chi connectivity index (χ2v) is 2.33. The van der Waals surface area contributed by atoms with E-state index in [-0.39, 0.29) is 19.5 Å². The summed E-state index contributed by atoms with van der Waals surface area (Å²) in [6.07, 6.45) is 0. The molecule has 0 bridgehead atoms. The van der Waals surface area contributed by atoms with Crippen molar-refractivity contribution >= 4 is 10.1 Å². The van der Waals surface area contributed by atoms with Crippen molar-refractivity contribution in [3.63, 3.8) is 0 Å². The van der Waals surface area contributed by atoms with Gasteiger partial charge in [-0.15, -0.1) is 0 Å². The fourth-order valence-corrected chi connectivity index (χ4v) is 0. The van der Waals surface area contributed by atoms with Crippen LogP contribution < -0.4 is 0 Å². The van der Waals surface area contributed by atoms with Crippen molar-refractivity contribution in [3.05, 3.63) is 0 Å². The Morgan fingerprint density at radius 2 is 1.33 bits per heavy atom.